The maximum Gasteiger partial charge on any atom is 0.325 e. The Kier molecular flexibility index (Phi) is 7.96. The molecule has 0 unspecified atom stereocenters. The molecule has 0 aliphatic carbocycles. The van der Waals surface area contributed by atoms with Crippen LogP contribution >= 0.6 is 0 Å². The molecule has 12 heteroatoms. The summed E-state index contributed by atoms with van der Waals surface area (Å²) in [7, 11) is -2.16. The zero-order valence-electron chi connectivity index (χ0n) is 17.9. The van der Waals surface area contributed by atoms with E-state index in [4.69, 9.17) is 9.47 Å². The average molecular weight is 477 g/mol. The van der Waals surface area contributed by atoms with Gasteiger partial charge in [-0.05, 0) is 49.2 Å². The first-order chi connectivity index (χ1) is 15.8. The van der Waals surface area contributed by atoms with Crippen molar-refractivity contribution in [1.29, 1.82) is 0 Å². The normalized spacial score (nSPS) is 14.8. The lowest BCUT2D eigenvalue weighted by Crippen LogP contribution is -2.41. The summed E-state index contributed by atoms with van der Waals surface area (Å²) in [6, 6.07) is 8.73. The first kappa shape index (κ1) is 24.1. The van der Waals surface area contributed by atoms with Crippen LogP contribution in [0.2, 0.25) is 0 Å². The van der Waals surface area contributed by atoms with E-state index < -0.39 is 40.5 Å². The lowest BCUT2D eigenvalue weighted by atomic mass is 9.98. The van der Waals surface area contributed by atoms with E-state index in [1.807, 2.05) is 0 Å². The van der Waals surface area contributed by atoms with Gasteiger partial charge in [0, 0.05) is 31.2 Å². The summed E-state index contributed by atoms with van der Waals surface area (Å²) in [5.41, 5.74) is 0.450. The summed E-state index contributed by atoms with van der Waals surface area (Å²) >= 11 is 0. The Morgan fingerprint density at radius 3 is 2.42 bits per heavy atom. The molecule has 1 aliphatic heterocycles. The summed E-state index contributed by atoms with van der Waals surface area (Å²) in [6.07, 6.45) is 3.29. The van der Waals surface area contributed by atoms with Gasteiger partial charge in [-0.2, -0.15) is 4.31 Å². The Morgan fingerprint density at radius 2 is 1.82 bits per heavy atom. The average Bonchev–Trinajstić information content (AvgIpc) is 2.83. The molecule has 1 fully saturated rings. The number of piperidine rings is 1. The number of imide groups is 1. The summed E-state index contributed by atoms with van der Waals surface area (Å²) in [5.74, 6) is -1.32. The van der Waals surface area contributed by atoms with Crippen LogP contribution in [0.5, 0.6) is 5.75 Å². The summed E-state index contributed by atoms with van der Waals surface area (Å²) in [6.45, 7) is -0.329. The molecule has 2 aromatic rings. The van der Waals surface area contributed by atoms with E-state index in [1.165, 1.54) is 29.9 Å². The third-order valence-corrected chi connectivity index (χ3v) is 6.89. The molecule has 1 aromatic carbocycles. The molecule has 0 saturated carbocycles. The van der Waals surface area contributed by atoms with Crippen LogP contribution < -0.4 is 15.4 Å². The minimum Gasteiger partial charge on any atom is -0.497 e. The number of hydrogen-bond acceptors (Lipinski definition) is 8. The molecule has 2 N–H and O–H groups in total. The lowest BCUT2D eigenvalue weighted by molar-refractivity contribution is -0.153. The molecule has 2 heterocycles. The number of amides is 3. The van der Waals surface area contributed by atoms with Crippen molar-refractivity contribution in [2.24, 2.45) is 5.92 Å². The van der Waals surface area contributed by atoms with Crippen LogP contribution in [0.4, 0.5) is 10.5 Å². The minimum absolute atomic E-state index is 0.0932. The number of pyridine rings is 1. The standard InChI is InChI=1S/C21H24N4O7S/c1-31-17-6-4-16(5-7-17)23-21(28)24-19(26)14-32-20(27)15-8-11-25(12-9-15)33(29,30)18-3-2-10-22-13-18/h2-7,10,13,15H,8-9,11-12,14H2,1H3,(H2,23,24,26,28). The van der Waals surface area contributed by atoms with Crippen molar-refractivity contribution in [3.05, 3.63) is 48.8 Å². The number of nitrogens with one attached hydrogen (secondary N) is 2. The van der Waals surface area contributed by atoms with Crippen LogP contribution in [-0.2, 0) is 24.3 Å². The molecule has 0 spiro atoms. The Balaban J connectivity index is 1.41. The second kappa shape index (κ2) is 10.9. The van der Waals surface area contributed by atoms with Gasteiger partial charge < -0.3 is 14.8 Å². The number of methoxy groups -OCH3 is 1. The minimum atomic E-state index is -3.68. The van der Waals surface area contributed by atoms with Gasteiger partial charge in [-0.15, -0.1) is 0 Å². The second-order valence-corrected chi connectivity index (χ2v) is 9.14. The summed E-state index contributed by atoms with van der Waals surface area (Å²) in [4.78, 5) is 40.0. The zero-order chi connectivity index (χ0) is 23.8. The Hall–Kier alpha value is -3.51. The van der Waals surface area contributed by atoms with Crippen molar-refractivity contribution in [3.8, 4) is 5.75 Å². The topological polar surface area (TPSA) is 144 Å². The zero-order valence-corrected chi connectivity index (χ0v) is 18.7. The van der Waals surface area contributed by atoms with Crippen molar-refractivity contribution in [3.63, 3.8) is 0 Å². The molecule has 1 aliphatic rings. The fourth-order valence-corrected chi connectivity index (χ4v) is 4.67. The van der Waals surface area contributed by atoms with Crippen molar-refractivity contribution < 1.29 is 32.3 Å². The number of aromatic nitrogens is 1. The molecule has 3 amide bonds. The molecule has 1 aromatic heterocycles. The SMILES string of the molecule is COc1ccc(NC(=O)NC(=O)COC(=O)C2CCN(S(=O)(=O)c3cccnc3)CC2)cc1. The number of carbonyl (C=O) groups is 3. The van der Waals surface area contributed by atoms with Crippen LogP contribution in [0.3, 0.4) is 0 Å². The van der Waals surface area contributed by atoms with E-state index in [-0.39, 0.29) is 30.8 Å². The molecule has 0 radical (unpaired) electrons. The van der Waals surface area contributed by atoms with Gasteiger partial charge in [0.1, 0.15) is 10.6 Å². The number of sulfonamides is 1. The highest BCUT2D eigenvalue weighted by Crippen LogP contribution is 2.24. The van der Waals surface area contributed by atoms with Crippen LogP contribution in [0.1, 0.15) is 12.8 Å². The number of anilines is 1. The van der Waals surface area contributed by atoms with Gasteiger partial charge in [0.15, 0.2) is 6.61 Å². The molecular formula is C21H24N4O7S. The molecule has 11 nitrogen and oxygen atoms in total. The monoisotopic (exact) mass is 476 g/mol. The Labute approximate surface area is 191 Å². The van der Waals surface area contributed by atoms with E-state index in [9.17, 15) is 22.8 Å². The molecular weight excluding hydrogens is 452 g/mol. The fraction of sp³-hybridized carbons (Fsp3) is 0.333. The molecule has 176 valence electrons. The maximum atomic E-state index is 12.6. The number of ether oxygens (including phenoxy) is 2. The second-order valence-electron chi connectivity index (χ2n) is 7.21. The number of esters is 1. The maximum absolute atomic E-state index is 12.6. The van der Waals surface area contributed by atoms with Crippen LogP contribution in [0.15, 0.2) is 53.7 Å². The quantitative estimate of drug-likeness (QED) is 0.571. The van der Waals surface area contributed by atoms with Gasteiger partial charge in [0.25, 0.3) is 5.91 Å². The van der Waals surface area contributed by atoms with E-state index in [1.54, 1.807) is 30.3 Å². The molecule has 3 rings (SSSR count). The van der Waals surface area contributed by atoms with Gasteiger partial charge in [-0.25, -0.2) is 13.2 Å². The Bertz CT molecular complexity index is 1080. The highest BCUT2D eigenvalue weighted by atomic mass is 32.2. The van der Waals surface area contributed by atoms with Gasteiger partial charge in [-0.3, -0.25) is 19.9 Å². The van der Waals surface area contributed by atoms with Gasteiger partial charge in [-0.1, -0.05) is 0 Å². The largest absolute Gasteiger partial charge is 0.497 e. The van der Waals surface area contributed by atoms with Crippen LogP contribution in [0.25, 0.3) is 0 Å². The van der Waals surface area contributed by atoms with Gasteiger partial charge >= 0.3 is 12.0 Å². The first-order valence-corrected chi connectivity index (χ1v) is 11.6. The van der Waals surface area contributed by atoms with E-state index >= 15 is 0 Å². The van der Waals surface area contributed by atoms with E-state index in [0.29, 0.717) is 11.4 Å². The summed E-state index contributed by atoms with van der Waals surface area (Å²) < 4.78 is 36.6. The summed E-state index contributed by atoms with van der Waals surface area (Å²) in [5, 5.41) is 4.54. The third kappa shape index (κ3) is 6.49. The molecule has 0 bridgehead atoms. The van der Waals surface area contributed by atoms with Crippen molar-refractivity contribution in [1.82, 2.24) is 14.6 Å². The van der Waals surface area contributed by atoms with Crippen LogP contribution in [-0.4, -0.2) is 62.4 Å². The third-order valence-electron chi connectivity index (χ3n) is 5.01. The molecule has 0 atom stereocenters. The predicted octanol–water partition coefficient (Wildman–Crippen LogP) is 1.38. The number of rotatable bonds is 7. The number of nitrogens with zero attached hydrogens (tertiary/aromatic N) is 2. The van der Waals surface area contributed by atoms with Crippen molar-refractivity contribution >= 4 is 33.6 Å². The van der Waals surface area contributed by atoms with Gasteiger partial charge in [0.2, 0.25) is 10.0 Å². The highest BCUT2D eigenvalue weighted by molar-refractivity contribution is 7.89. The lowest BCUT2D eigenvalue weighted by Gasteiger charge is -2.29. The van der Waals surface area contributed by atoms with Crippen molar-refractivity contribution in [2.75, 3.05) is 32.1 Å². The van der Waals surface area contributed by atoms with Gasteiger partial charge in [0.05, 0.1) is 13.0 Å². The Morgan fingerprint density at radius 1 is 1.12 bits per heavy atom. The fourth-order valence-electron chi connectivity index (χ4n) is 3.23. The predicted molar refractivity (Wildman–Crippen MR) is 117 cm³/mol. The van der Waals surface area contributed by atoms with Crippen molar-refractivity contribution in [2.45, 2.75) is 17.7 Å². The van der Waals surface area contributed by atoms with E-state index in [0.717, 1.165) is 0 Å². The first-order valence-electron chi connectivity index (χ1n) is 10.1. The highest BCUT2D eigenvalue weighted by Gasteiger charge is 2.33. The number of carbonyl (C=O) groups excluding carboxylic acids is 3. The number of hydrogen-bond donors (Lipinski definition) is 2. The van der Waals surface area contributed by atoms with Crippen LogP contribution in [0, 0.1) is 5.92 Å². The number of benzene rings is 1. The smallest absolute Gasteiger partial charge is 0.325 e. The number of urea groups is 1. The molecule has 33 heavy (non-hydrogen) atoms. The van der Waals surface area contributed by atoms with E-state index in [2.05, 4.69) is 15.6 Å². The molecule has 1 saturated heterocycles.